The Hall–Kier alpha value is -2.21. The Morgan fingerprint density at radius 2 is 1.89 bits per heavy atom. The summed E-state index contributed by atoms with van der Waals surface area (Å²) in [6, 6.07) is 7.94. The van der Waals surface area contributed by atoms with E-state index < -0.39 is 10.7 Å². The monoisotopic (exact) mass is 267 g/mol. The largest absolute Gasteiger partial charge is 0.334 e. The highest BCUT2D eigenvalue weighted by Crippen LogP contribution is 2.27. The van der Waals surface area contributed by atoms with Crippen molar-refractivity contribution in [2.45, 2.75) is 0 Å². The summed E-state index contributed by atoms with van der Waals surface area (Å²) in [5, 5.41) is 13.6. The molecule has 0 fully saturated rings. The van der Waals surface area contributed by atoms with Crippen LogP contribution in [-0.4, -0.2) is 9.91 Å². The van der Waals surface area contributed by atoms with E-state index in [2.05, 4.69) is 10.3 Å². The second-order valence-corrected chi connectivity index (χ2v) is 3.78. The standard InChI is InChI=1S/C11H7ClFN3O2/c12-10-6-5-9(16(17)18)11(15-10)14-8-3-1-7(13)2-4-8/h1-6H,(H,14,15). The predicted octanol–water partition coefficient (Wildman–Crippen LogP) is 3.53. The molecule has 92 valence electrons. The average Bonchev–Trinajstić information content (AvgIpc) is 2.32. The summed E-state index contributed by atoms with van der Waals surface area (Å²) in [5.74, 6) is -0.381. The van der Waals surface area contributed by atoms with Crippen LogP contribution in [0.2, 0.25) is 5.15 Å². The van der Waals surface area contributed by atoms with Gasteiger partial charge in [-0.25, -0.2) is 9.37 Å². The van der Waals surface area contributed by atoms with E-state index in [9.17, 15) is 14.5 Å². The number of nitrogens with zero attached hydrogens (tertiary/aromatic N) is 2. The molecule has 0 unspecified atom stereocenters. The summed E-state index contributed by atoms with van der Waals surface area (Å²) in [4.78, 5) is 14.1. The van der Waals surface area contributed by atoms with Crippen LogP contribution in [0.5, 0.6) is 0 Å². The molecule has 1 aromatic heterocycles. The molecule has 0 saturated carbocycles. The predicted molar refractivity (Wildman–Crippen MR) is 65.6 cm³/mol. The Balaban J connectivity index is 2.35. The molecule has 1 N–H and O–H groups in total. The summed E-state index contributed by atoms with van der Waals surface area (Å²) < 4.78 is 12.7. The maximum Gasteiger partial charge on any atom is 0.311 e. The first kappa shape index (κ1) is 12.3. The van der Waals surface area contributed by atoms with E-state index in [1.165, 1.54) is 36.4 Å². The van der Waals surface area contributed by atoms with Crippen molar-refractivity contribution in [3.8, 4) is 0 Å². The molecule has 0 aliphatic rings. The third-order valence-electron chi connectivity index (χ3n) is 2.14. The number of hydrogen-bond acceptors (Lipinski definition) is 4. The number of nitro groups is 1. The Labute approximate surface area is 106 Å². The normalized spacial score (nSPS) is 10.1. The van der Waals surface area contributed by atoms with Crippen molar-refractivity contribution in [1.82, 2.24) is 4.98 Å². The van der Waals surface area contributed by atoms with Gasteiger partial charge in [0.1, 0.15) is 11.0 Å². The molecule has 0 amide bonds. The van der Waals surface area contributed by atoms with E-state index in [0.29, 0.717) is 5.69 Å². The van der Waals surface area contributed by atoms with Crippen LogP contribution in [0.1, 0.15) is 0 Å². The summed E-state index contributed by atoms with van der Waals surface area (Å²) in [6.07, 6.45) is 0. The lowest BCUT2D eigenvalue weighted by Crippen LogP contribution is -1.99. The number of pyridine rings is 1. The van der Waals surface area contributed by atoms with Gasteiger partial charge in [-0.1, -0.05) is 11.6 Å². The van der Waals surface area contributed by atoms with Crippen molar-refractivity contribution >= 4 is 28.8 Å². The van der Waals surface area contributed by atoms with Crippen LogP contribution < -0.4 is 5.32 Å². The highest BCUT2D eigenvalue weighted by atomic mass is 35.5. The Bertz CT molecular complexity index is 589. The topological polar surface area (TPSA) is 68.1 Å². The fourth-order valence-corrected chi connectivity index (χ4v) is 1.48. The van der Waals surface area contributed by atoms with Crippen LogP contribution in [0.15, 0.2) is 36.4 Å². The second-order valence-electron chi connectivity index (χ2n) is 3.39. The molecule has 0 atom stereocenters. The summed E-state index contributed by atoms with van der Waals surface area (Å²) in [6.45, 7) is 0. The summed E-state index contributed by atoms with van der Waals surface area (Å²) in [7, 11) is 0. The fourth-order valence-electron chi connectivity index (χ4n) is 1.34. The molecule has 5 nitrogen and oxygen atoms in total. The minimum atomic E-state index is -0.574. The van der Waals surface area contributed by atoms with Crippen LogP contribution >= 0.6 is 11.6 Å². The van der Waals surface area contributed by atoms with E-state index in [1.54, 1.807) is 0 Å². The van der Waals surface area contributed by atoms with Crippen molar-refractivity contribution < 1.29 is 9.31 Å². The highest BCUT2D eigenvalue weighted by molar-refractivity contribution is 6.29. The van der Waals surface area contributed by atoms with Crippen molar-refractivity contribution in [3.05, 3.63) is 57.5 Å². The third-order valence-corrected chi connectivity index (χ3v) is 2.35. The quantitative estimate of drug-likeness (QED) is 0.525. The molecular weight excluding hydrogens is 261 g/mol. The van der Waals surface area contributed by atoms with Gasteiger partial charge in [-0.05, 0) is 30.3 Å². The molecule has 0 saturated heterocycles. The van der Waals surface area contributed by atoms with Crippen LogP contribution in [0, 0.1) is 15.9 Å². The van der Waals surface area contributed by atoms with Crippen LogP contribution in [0.25, 0.3) is 0 Å². The number of rotatable bonds is 3. The lowest BCUT2D eigenvalue weighted by atomic mass is 10.3. The molecule has 0 spiro atoms. The number of hydrogen-bond donors (Lipinski definition) is 1. The zero-order chi connectivity index (χ0) is 13.1. The van der Waals surface area contributed by atoms with Crippen molar-refractivity contribution in [2.75, 3.05) is 5.32 Å². The zero-order valence-corrected chi connectivity index (χ0v) is 9.69. The van der Waals surface area contributed by atoms with E-state index in [4.69, 9.17) is 11.6 Å². The average molecular weight is 268 g/mol. The molecule has 1 heterocycles. The summed E-state index contributed by atoms with van der Waals surface area (Å²) in [5.41, 5.74) is 0.276. The first-order valence-electron chi connectivity index (χ1n) is 4.90. The first-order chi connectivity index (χ1) is 8.56. The van der Waals surface area contributed by atoms with Gasteiger partial charge in [0.15, 0.2) is 0 Å². The first-order valence-corrected chi connectivity index (χ1v) is 5.27. The zero-order valence-electron chi connectivity index (χ0n) is 8.93. The molecule has 7 heteroatoms. The molecule has 0 radical (unpaired) electrons. The Kier molecular flexibility index (Phi) is 3.38. The van der Waals surface area contributed by atoms with Gasteiger partial charge >= 0.3 is 5.69 Å². The molecule has 0 bridgehead atoms. The smallest absolute Gasteiger partial charge is 0.311 e. The van der Waals surface area contributed by atoms with Gasteiger partial charge in [-0.2, -0.15) is 0 Å². The SMILES string of the molecule is O=[N+]([O-])c1ccc(Cl)nc1Nc1ccc(F)cc1. The van der Waals surface area contributed by atoms with E-state index in [0.717, 1.165) is 0 Å². The van der Waals surface area contributed by atoms with E-state index in [1.807, 2.05) is 0 Å². The molecular formula is C11H7ClFN3O2. The molecule has 2 aromatic rings. The van der Waals surface area contributed by atoms with Gasteiger partial charge in [0.2, 0.25) is 5.82 Å². The van der Waals surface area contributed by atoms with Gasteiger partial charge in [0.05, 0.1) is 4.92 Å². The molecule has 0 aliphatic heterocycles. The molecule has 0 aliphatic carbocycles. The Morgan fingerprint density at radius 3 is 2.50 bits per heavy atom. The molecule has 1 aromatic carbocycles. The number of halogens is 2. The maximum absolute atomic E-state index is 12.7. The second kappa shape index (κ2) is 4.97. The van der Waals surface area contributed by atoms with Gasteiger partial charge in [0.25, 0.3) is 0 Å². The van der Waals surface area contributed by atoms with Crippen LogP contribution in [0.3, 0.4) is 0 Å². The minimum Gasteiger partial charge on any atom is -0.334 e. The van der Waals surface area contributed by atoms with Crippen molar-refractivity contribution in [2.24, 2.45) is 0 Å². The summed E-state index contributed by atoms with van der Waals surface area (Å²) >= 11 is 5.68. The number of anilines is 2. The van der Waals surface area contributed by atoms with E-state index >= 15 is 0 Å². The molecule has 18 heavy (non-hydrogen) atoms. The number of benzene rings is 1. The minimum absolute atomic E-state index is 0.0131. The Morgan fingerprint density at radius 1 is 1.22 bits per heavy atom. The van der Waals surface area contributed by atoms with Crippen molar-refractivity contribution in [3.63, 3.8) is 0 Å². The van der Waals surface area contributed by atoms with E-state index in [-0.39, 0.29) is 16.7 Å². The van der Waals surface area contributed by atoms with Gasteiger partial charge in [-0.15, -0.1) is 0 Å². The van der Waals surface area contributed by atoms with Gasteiger partial charge < -0.3 is 5.32 Å². The number of aromatic nitrogens is 1. The maximum atomic E-state index is 12.7. The van der Waals surface area contributed by atoms with Gasteiger partial charge in [-0.3, -0.25) is 10.1 Å². The fraction of sp³-hybridized carbons (Fsp3) is 0. The lowest BCUT2D eigenvalue weighted by Gasteiger charge is -2.06. The van der Waals surface area contributed by atoms with Crippen molar-refractivity contribution in [1.29, 1.82) is 0 Å². The number of nitrogens with one attached hydrogen (secondary N) is 1. The van der Waals surface area contributed by atoms with Crippen LogP contribution in [0.4, 0.5) is 21.6 Å². The third kappa shape index (κ3) is 2.72. The van der Waals surface area contributed by atoms with Crippen LogP contribution in [-0.2, 0) is 0 Å². The highest BCUT2D eigenvalue weighted by Gasteiger charge is 2.15. The van der Waals surface area contributed by atoms with Gasteiger partial charge in [0, 0.05) is 11.8 Å². The molecule has 2 rings (SSSR count). The lowest BCUT2D eigenvalue weighted by molar-refractivity contribution is -0.384.